The van der Waals surface area contributed by atoms with Crippen LogP contribution in [0.3, 0.4) is 0 Å². The van der Waals surface area contributed by atoms with Gasteiger partial charge in [0.2, 0.25) is 5.76 Å². The van der Waals surface area contributed by atoms with Crippen molar-refractivity contribution in [3.8, 4) is 28.5 Å². The number of benzene rings is 1. The Morgan fingerprint density at radius 1 is 1.19 bits per heavy atom. The van der Waals surface area contributed by atoms with Crippen molar-refractivity contribution in [3.63, 3.8) is 0 Å². The average Bonchev–Trinajstić information content (AvgIpc) is 2.90. The molecule has 0 aliphatic rings. The van der Waals surface area contributed by atoms with Crippen molar-refractivity contribution in [2.24, 2.45) is 0 Å². The van der Waals surface area contributed by atoms with Crippen LogP contribution in [0.15, 0.2) is 41.2 Å². The van der Waals surface area contributed by atoms with E-state index in [9.17, 15) is 0 Å². The van der Waals surface area contributed by atoms with E-state index in [1.54, 1.807) is 25.6 Å². The second-order valence-electron chi connectivity index (χ2n) is 4.53. The number of nitrogen functional groups attached to an aromatic ring is 1. The highest BCUT2D eigenvalue weighted by Crippen LogP contribution is 2.37. The van der Waals surface area contributed by atoms with E-state index in [1.165, 1.54) is 0 Å². The van der Waals surface area contributed by atoms with E-state index in [1.807, 2.05) is 25.1 Å². The van der Waals surface area contributed by atoms with Crippen LogP contribution >= 0.6 is 0 Å². The number of rotatable bonds is 3. The lowest BCUT2D eigenvalue weighted by Crippen LogP contribution is -1.93. The Kier molecular flexibility index (Phi) is 3.27. The van der Waals surface area contributed by atoms with Crippen molar-refractivity contribution in [1.82, 2.24) is 15.1 Å². The van der Waals surface area contributed by atoms with Gasteiger partial charge in [0.05, 0.1) is 12.7 Å². The smallest absolute Gasteiger partial charge is 0.214 e. The van der Waals surface area contributed by atoms with Gasteiger partial charge < -0.3 is 15.0 Å². The minimum atomic E-state index is 0.295. The summed E-state index contributed by atoms with van der Waals surface area (Å²) in [6.45, 7) is 1.97. The Balaban J connectivity index is 2.17. The van der Waals surface area contributed by atoms with E-state index in [4.69, 9.17) is 15.0 Å². The van der Waals surface area contributed by atoms with Crippen LogP contribution in [0.1, 0.15) is 5.56 Å². The molecule has 0 aliphatic heterocycles. The number of hydrogen-bond acceptors (Lipinski definition) is 6. The van der Waals surface area contributed by atoms with Crippen LogP contribution in [0.2, 0.25) is 0 Å². The summed E-state index contributed by atoms with van der Waals surface area (Å²) in [7, 11) is 1.63. The SMILES string of the molecule is COc1cc(-c2c(N)noc2-c2ncccn2)ccc1C. The summed E-state index contributed by atoms with van der Waals surface area (Å²) < 4.78 is 10.6. The molecule has 0 saturated carbocycles. The van der Waals surface area contributed by atoms with Crippen molar-refractivity contribution in [1.29, 1.82) is 0 Å². The monoisotopic (exact) mass is 282 g/mol. The maximum absolute atomic E-state index is 5.94. The molecule has 0 fully saturated rings. The molecular formula is C15H14N4O2. The molecule has 0 radical (unpaired) electrons. The molecule has 21 heavy (non-hydrogen) atoms. The number of anilines is 1. The van der Waals surface area contributed by atoms with Crippen LogP contribution in [0.4, 0.5) is 5.82 Å². The quantitative estimate of drug-likeness (QED) is 0.794. The summed E-state index contributed by atoms with van der Waals surface area (Å²) in [4.78, 5) is 8.35. The van der Waals surface area contributed by atoms with Gasteiger partial charge >= 0.3 is 0 Å². The largest absolute Gasteiger partial charge is 0.496 e. The van der Waals surface area contributed by atoms with Gasteiger partial charge in [0, 0.05) is 12.4 Å². The lowest BCUT2D eigenvalue weighted by molar-refractivity contribution is 0.412. The fourth-order valence-corrected chi connectivity index (χ4v) is 2.13. The predicted molar refractivity (Wildman–Crippen MR) is 78.7 cm³/mol. The number of nitrogens with two attached hydrogens (primary N) is 1. The molecule has 2 aromatic heterocycles. The average molecular weight is 282 g/mol. The van der Waals surface area contributed by atoms with Crippen LogP contribution in [-0.2, 0) is 0 Å². The summed E-state index contributed by atoms with van der Waals surface area (Å²) in [6, 6.07) is 7.52. The number of aromatic nitrogens is 3. The number of ether oxygens (including phenoxy) is 1. The highest BCUT2D eigenvalue weighted by atomic mass is 16.5. The molecule has 1 aromatic carbocycles. The van der Waals surface area contributed by atoms with E-state index in [0.717, 1.165) is 16.9 Å². The molecule has 6 nitrogen and oxygen atoms in total. The Morgan fingerprint density at radius 2 is 1.95 bits per heavy atom. The van der Waals surface area contributed by atoms with Crippen LogP contribution in [-0.4, -0.2) is 22.2 Å². The highest BCUT2D eigenvalue weighted by Gasteiger charge is 2.20. The summed E-state index contributed by atoms with van der Waals surface area (Å²) >= 11 is 0. The minimum absolute atomic E-state index is 0.295. The lowest BCUT2D eigenvalue weighted by atomic mass is 10.0. The molecule has 0 aliphatic carbocycles. The Labute approximate surface area is 121 Å². The standard InChI is InChI=1S/C15H14N4O2/c1-9-4-5-10(8-11(9)20-2)12-13(21-19-14(12)16)15-17-6-3-7-18-15/h3-8H,1-2H3,(H2,16,19). The number of methoxy groups -OCH3 is 1. The third-order valence-corrected chi connectivity index (χ3v) is 3.18. The zero-order chi connectivity index (χ0) is 14.8. The summed E-state index contributed by atoms with van der Waals surface area (Å²) in [5, 5.41) is 3.83. The lowest BCUT2D eigenvalue weighted by Gasteiger charge is -2.07. The van der Waals surface area contributed by atoms with Crippen molar-refractivity contribution in [2.75, 3.05) is 12.8 Å². The molecule has 0 atom stereocenters. The molecule has 0 unspecified atom stereocenters. The zero-order valence-corrected chi connectivity index (χ0v) is 11.7. The van der Waals surface area contributed by atoms with Gasteiger partial charge in [-0.25, -0.2) is 9.97 Å². The fraction of sp³-hybridized carbons (Fsp3) is 0.133. The first-order valence-corrected chi connectivity index (χ1v) is 6.38. The van der Waals surface area contributed by atoms with Crippen LogP contribution in [0.5, 0.6) is 5.75 Å². The summed E-state index contributed by atoms with van der Waals surface area (Å²) in [5.74, 6) is 1.95. The van der Waals surface area contributed by atoms with E-state index in [-0.39, 0.29) is 0 Å². The van der Waals surface area contributed by atoms with Crippen molar-refractivity contribution < 1.29 is 9.26 Å². The first-order valence-electron chi connectivity index (χ1n) is 6.38. The fourth-order valence-electron chi connectivity index (χ4n) is 2.13. The van der Waals surface area contributed by atoms with Gasteiger partial charge in [-0.15, -0.1) is 0 Å². The highest BCUT2D eigenvalue weighted by molar-refractivity contribution is 5.85. The van der Waals surface area contributed by atoms with Gasteiger partial charge in [0.1, 0.15) is 5.75 Å². The Morgan fingerprint density at radius 3 is 2.67 bits per heavy atom. The van der Waals surface area contributed by atoms with E-state index >= 15 is 0 Å². The van der Waals surface area contributed by atoms with E-state index < -0.39 is 0 Å². The third kappa shape index (κ3) is 2.31. The van der Waals surface area contributed by atoms with Crippen LogP contribution in [0.25, 0.3) is 22.7 Å². The number of aryl methyl sites for hydroxylation is 1. The number of hydrogen-bond donors (Lipinski definition) is 1. The molecule has 3 rings (SSSR count). The Hall–Kier alpha value is -2.89. The second-order valence-corrected chi connectivity index (χ2v) is 4.53. The van der Waals surface area contributed by atoms with E-state index in [2.05, 4.69) is 15.1 Å². The first kappa shape index (κ1) is 13.1. The molecule has 0 saturated heterocycles. The van der Waals surface area contributed by atoms with Crippen molar-refractivity contribution >= 4 is 5.82 Å². The Bertz CT molecular complexity index is 769. The summed E-state index contributed by atoms with van der Waals surface area (Å²) in [6.07, 6.45) is 3.28. The molecule has 3 aromatic rings. The van der Waals surface area contributed by atoms with Crippen LogP contribution in [0, 0.1) is 6.92 Å². The molecule has 2 heterocycles. The molecule has 106 valence electrons. The van der Waals surface area contributed by atoms with Crippen molar-refractivity contribution in [2.45, 2.75) is 6.92 Å². The second kappa shape index (κ2) is 5.24. The normalized spacial score (nSPS) is 10.6. The topological polar surface area (TPSA) is 87.1 Å². The predicted octanol–water partition coefficient (Wildman–Crippen LogP) is 2.70. The van der Waals surface area contributed by atoms with Gasteiger partial charge in [0.15, 0.2) is 11.6 Å². The summed E-state index contributed by atoms with van der Waals surface area (Å²) in [5.41, 5.74) is 8.49. The maximum Gasteiger partial charge on any atom is 0.214 e. The van der Waals surface area contributed by atoms with Crippen molar-refractivity contribution in [3.05, 3.63) is 42.2 Å². The molecule has 2 N–H and O–H groups in total. The molecule has 0 spiro atoms. The van der Waals surface area contributed by atoms with Crippen LogP contribution < -0.4 is 10.5 Å². The van der Waals surface area contributed by atoms with Gasteiger partial charge in [0.25, 0.3) is 0 Å². The van der Waals surface area contributed by atoms with Gasteiger partial charge in [-0.2, -0.15) is 0 Å². The molecule has 0 amide bonds. The van der Waals surface area contributed by atoms with E-state index in [0.29, 0.717) is 23.0 Å². The van der Waals surface area contributed by atoms with Gasteiger partial charge in [-0.3, -0.25) is 0 Å². The minimum Gasteiger partial charge on any atom is -0.496 e. The third-order valence-electron chi connectivity index (χ3n) is 3.18. The van der Waals surface area contributed by atoms with Gasteiger partial charge in [-0.05, 0) is 30.2 Å². The zero-order valence-electron chi connectivity index (χ0n) is 11.7. The molecular weight excluding hydrogens is 268 g/mol. The maximum atomic E-state index is 5.94. The molecule has 0 bridgehead atoms. The molecule has 6 heteroatoms. The first-order chi connectivity index (χ1) is 10.2. The van der Waals surface area contributed by atoms with Gasteiger partial charge in [-0.1, -0.05) is 17.3 Å². The number of nitrogens with zero attached hydrogens (tertiary/aromatic N) is 3.